The lowest BCUT2D eigenvalue weighted by Crippen LogP contribution is -2.44. The summed E-state index contributed by atoms with van der Waals surface area (Å²) in [6.07, 6.45) is 6.51. The van der Waals surface area contributed by atoms with Crippen molar-refractivity contribution < 1.29 is 4.42 Å². The number of rotatable bonds is 7. The van der Waals surface area contributed by atoms with Crippen molar-refractivity contribution in [2.75, 3.05) is 33.2 Å². The third kappa shape index (κ3) is 6.76. The maximum Gasteiger partial charge on any atom is 0.191 e. The highest BCUT2D eigenvalue weighted by Gasteiger charge is 2.24. The van der Waals surface area contributed by atoms with E-state index in [0.717, 1.165) is 55.0 Å². The number of hydrogen-bond donors (Lipinski definition) is 2. The van der Waals surface area contributed by atoms with Crippen LogP contribution in [0.15, 0.2) is 33.2 Å². The number of aromatic nitrogens is 1. The summed E-state index contributed by atoms with van der Waals surface area (Å²) >= 11 is 1.70. The Morgan fingerprint density at radius 1 is 1.33 bits per heavy atom. The zero-order valence-electron chi connectivity index (χ0n) is 16.1. The van der Waals surface area contributed by atoms with E-state index in [1.54, 1.807) is 17.6 Å². The van der Waals surface area contributed by atoms with E-state index >= 15 is 0 Å². The van der Waals surface area contributed by atoms with Crippen molar-refractivity contribution in [2.24, 2.45) is 4.99 Å². The average molecular weight is 503 g/mol. The third-order valence-corrected chi connectivity index (χ3v) is 5.55. The molecule has 0 spiro atoms. The van der Waals surface area contributed by atoms with E-state index in [4.69, 9.17) is 4.42 Å². The van der Waals surface area contributed by atoms with Gasteiger partial charge in [0.25, 0.3) is 0 Å². The molecule has 0 amide bonds. The Labute approximate surface area is 182 Å². The molecule has 0 radical (unpaired) electrons. The number of nitrogens with zero attached hydrogens (tertiary/aromatic N) is 3. The molecule has 1 saturated heterocycles. The van der Waals surface area contributed by atoms with Gasteiger partial charge in [0.05, 0.1) is 23.0 Å². The molecule has 2 aromatic heterocycles. The fourth-order valence-electron chi connectivity index (χ4n) is 3.37. The molecule has 0 aliphatic carbocycles. The second kappa shape index (κ2) is 11.7. The molecule has 8 heteroatoms. The average Bonchev–Trinajstić information content (AvgIpc) is 3.33. The van der Waals surface area contributed by atoms with Gasteiger partial charge in [-0.2, -0.15) is 0 Å². The zero-order chi connectivity index (χ0) is 18.2. The molecule has 1 atom stereocenters. The molecule has 150 valence electrons. The quantitative estimate of drug-likeness (QED) is 0.344. The van der Waals surface area contributed by atoms with Crippen LogP contribution in [0.3, 0.4) is 0 Å². The van der Waals surface area contributed by atoms with Crippen molar-refractivity contribution in [1.82, 2.24) is 20.5 Å². The third-order valence-electron chi connectivity index (χ3n) is 4.73. The molecule has 6 nitrogen and oxygen atoms in total. The van der Waals surface area contributed by atoms with Gasteiger partial charge < -0.3 is 15.1 Å². The Hall–Kier alpha value is -1.13. The Morgan fingerprint density at radius 3 is 2.78 bits per heavy atom. The van der Waals surface area contributed by atoms with Crippen LogP contribution in [-0.2, 0) is 6.42 Å². The molecule has 27 heavy (non-hydrogen) atoms. The summed E-state index contributed by atoms with van der Waals surface area (Å²) in [5.41, 5.74) is 1.14. The van der Waals surface area contributed by atoms with Crippen LogP contribution in [0.2, 0.25) is 0 Å². The smallest absolute Gasteiger partial charge is 0.191 e. The number of furan rings is 1. The monoisotopic (exact) mass is 503 g/mol. The van der Waals surface area contributed by atoms with Gasteiger partial charge in [0.1, 0.15) is 5.76 Å². The fourth-order valence-corrected chi connectivity index (χ4v) is 4.01. The molecule has 1 aliphatic rings. The summed E-state index contributed by atoms with van der Waals surface area (Å²) in [4.78, 5) is 11.4. The van der Waals surface area contributed by atoms with E-state index in [0.29, 0.717) is 0 Å². The minimum atomic E-state index is 0. The van der Waals surface area contributed by atoms with Gasteiger partial charge in [-0.1, -0.05) is 6.42 Å². The van der Waals surface area contributed by atoms with E-state index in [1.807, 2.05) is 20.0 Å². The van der Waals surface area contributed by atoms with Crippen molar-refractivity contribution >= 4 is 41.3 Å². The number of aryl methyl sites for hydroxylation is 1. The number of guanidine groups is 1. The molecule has 0 saturated carbocycles. The van der Waals surface area contributed by atoms with Crippen LogP contribution < -0.4 is 10.6 Å². The van der Waals surface area contributed by atoms with Crippen LogP contribution >= 0.6 is 35.3 Å². The van der Waals surface area contributed by atoms with Crippen LogP contribution in [0.25, 0.3) is 0 Å². The maximum absolute atomic E-state index is 5.71. The highest BCUT2D eigenvalue weighted by Crippen LogP contribution is 2.24. The normalized spacial score (nSPS) is 16.6. The largest absolute Gasteiger partial charge is 0.468 e. The van der Waals surface area contributed by atoms with E-state index in [9.17, 15) is 0 Å². The molecule has 1 unspecified atom stereocenters. The Balaban J connectivity index is 0.00000261. The first-order chi connectivity index (χ1) is 12.8. The van der Waals surface area contributed by atoms with E-state index in [-0.39, 0.29) is 30.0 Å². The lowest BCUT2D eigenvalue weighted by Gasteiger charge is -2.33. The maximum atomic E-state index is 5.71. The van der Waals surface area contributed by atoms with Gasteiger partial charge in [0, 0.05) is 31.9 Å². The summed E-state index contributed by atoms with van der Waals surface area (Å²) in [6.45, 7) is 5.89. The molecule has 2 aromatic rings. The van der Waals surface area contributed by atoms with Crippen molar-refractivity contribution in [1.29, 1.82) is 0 Å². The number of likely N-dealkylation sites (tertiary alicyclic amines) is 1. The van der Waals surface area contributed by atoms with E-state index in [1.165, 1.54) is 19.3 Å². The van der Waals surface area contributed by atoms with Crippen LogP contribution in [0.5, 0.6) is 0 Å². The van der Waals surface area contributed by atoms with Crippen LogP contribution in [-0.4, -0.2) is 49.1 Å². The fraction of sp³-hybridized carbons (Fsp3) is 0.579. The molecule has 0 aromatic carbocycles. The summed E-state index contributed by atoms with van der Waals surface area (Å²) < 4.78 is 5.71. The summed E-state index contributed by atoms with van der Waals surface area (Å²) in [5, 5.41) is 10.1. The first kappa shape index (κ1) is 22.2. The van der Waals surface area contributed by atoms with Gasteiger partial charge in [0.2, 0.25) is 0 Å². The summed E-state index contributed by atoms with van der Waals surface area (Å²) in [5.74, 6) is 1.85. The van der Waals surface area contributed by atoms with Gasteiger partial charge in [-0.15, -0.1) is 35.3 Å². The van der Waals surface area contributed by atoms with Crippen molar-refractivity contribution in [3.63, 3.8) is 0 Å². The standard InChI is InChI=1S/C19H29N5OS.HI/c1-15-23-16(14-26-15)8-9-21-19(20-2)22-13-17(18-7-6-12-25-18)24-10-4-3-5-11-24;/h6-7,12,14,17H,3-5,8-11,13H2,1-2H3,(H2,20,21,22);1H. The molecule has 1 fully saturated rings. The number of hydrogen-bond acceptors (Lipinski definition) is 5. The number of halogens is 1. The second-order valence-corrected chi connectivity index (χ2v) is 7.68. The predicted molar refractivity (Wildman–Crippen MR) is 122 cm³/mol. The molecule has 3 rings (SSSR count). The summed E-state index contributed by atoms with van der Waals surface area (Å²) in [7, 11) is 1.81. The highest BCUT2D eigenvalue weighted by molar-refractivity contribution is 14.0. The molecule has 0 bridgehead atoms. The second-order valence-electron chi connectivity index (χ2n) is 6.62. The predicted octanol–water partition coefficient (Wildman–Crippen LogP) is 3.60. The number of thiazole rings is 1. The van der Waals surface area contributed by atoms with E-state index < -0.39 is 0 Å². The Morgan fingerprint density at radius 2 is 2.15 bits per heavy atom. The van der Waals surface area contributed by atoms with Crippen LogP contribution in [0, 0.1) is 6.92 Å². The van der Waals surface area contributed by atoms with Gasteiger partial charge in [-0.05, 0) is 45.0 Å². The number of piperidine rings is 1. The van der Waals surface area contributed by atoms with Gasteiger partial charge in [-0.25, -0.2) is 4.98 Å². The van der Waals surface area contributed by atoms with Gasteiger partial charge in [-0.3, -0.25) is 9.89 Å². The molecule has 1 aliphatic heterocycles. The Bertz CT molecular complexity index is 682. The van der Waals surface area contributed by atoms with Crippen molar-refractivity contribution in [3.8, 4) is 0 Å². The van der Waals surface area contributed by atoms with Gasteiger partial charge >= 0.3 is 0 Å². The van der Waals surface area contributed by atoms with Crippen molar-refractivity contribution in [3.05, 3.63) is 40.2 Å². The summed E-state index contributed by atoms with van der Waals surface area (Å²) in [6, 6.07) is 4.28. The number of nitrogens with one attached hydrogen (secondary N) is 2. The van der Waals surface area contributed by atoms with E-state index in [2.05, 4.69) is 37.0 Å². The van der Waals surface area contributed by atoms with Crippen molar-refractivity contribution in [2.45, 2.75) is 38.6 Å². The first-order valence-electron chi connectivity index (χ1n) is 9.39. The molecular weight excluding hydrogens is 473 g/mol. The number of aliphatic imine (C=N–C) groups is 1. The Kier molecular flexibility index (Phi) is 9.57. The minimum absolute atomic E-state index is 0. The highest BCUT2D eigenvalue weighted by atomic mass is 127. The lowest BCUT2D eigenvalue weighted by molar-refractivity contribution is 0.146. The van der Waals surface area contributed by atoms with Crippen LogP contribution in [0.1, 0.15) is 41.8 Å². The zero-order valence-corrected chi connectivity index (χ0v) is 19.3. The SMILES string of the molecule is CN=C(NCCc1csc(C)n1)NCC(c1ccco1)N1CCCCC1.I. The molecule has 2 N–H and O–H groups in total. The molecule has 3 heterocycles. The minimum Gasteiger partial charge on any atom is -0.468 e. The first-order valence-corrected chi connectivity index (χ1v) is 10.3. The van der Waals surface area contributed by atoms with Crippen LogP contribution in [0.4, 0.5) is 0 Å². The molecular formula is C19H30IN5OS. The van der Waals surface area contributed by atoms with Gasteiger partial charge in [0.15, 0.2) is 5.96 Å². The lowest BCUT2D eigenvalue weighted by atomic mass is 10.1. The topological polar surface area (TPSA) is 65.7 Å².